The van der Waals surface area contributed by atoms with Gasteiger partial charge in [0.15, 0.2) is 5.43 Å². The monoisotopic (exact) mass is 240 g/mol. The molecule has 0 fully saturated rings. The van der Waals surface area contributed by atoms with Crippen LogP contribution >= 0.6 is 0 Å². The lowest BCUT2D eigenvalue weighted by Crippen LogP contribution is -2.02. The molecule has 1 heterocycles. The minimum absolute atomic E-state index is 0.164. The third kappa shape index (κ3) is 2.11. The van der Waals surface area contributed by atoms with Gasteiger partial charge in [0.2, 0.25) is 0 Å². The maximum atomic E-state index is 11.9. The number of allylic oxidation sites excluding steroid dienone is 3. The molecule has 1 N–H and O–H groups in total. The van der Waals surface area contributed by atoms with Crippen LogP contribution in [0.1, 0.15) is 5.76 Å². The van der Waals surface area contributed by atoms with E-state index in [1.165, 1.54) is 18.2 Å². The normalized spacial score (nSPS) is 11.4. The Morgan fingerprint density at radius 2 is 2.06 bits per heavy atom. The Balaban J connectivity index is 2.73. The van der Waals surface area contributed by atoms with Gasteiger partial charge in [0, 0.05) is 6.07 Å². The van der Waals surface area contributed by atoms with E-state index in [1.807, 2.05) is 0 Å². The summed E-state index contributed by atoms with van der Waals surface area (Å²) in [5, 5.41) is 9.99. The number of aliphatic hydroxyl groups is 1. The molecule has 2 aromatic rings. The number of hydrogen-bond acceptors (Lipinski definition) is 3. The van der Waals surface area contributed by atoms with Crippen LogP contribution in [0, 0.1) is 0 Å². The Morgan fingerprint density at radius 1 is 1.33 bits per heavy atom. The maximum Gasteiger partial charge on any atom is 0.193 e. The lowest BCUT2D eigenvalue weighted by Gasteiger charge is -2.05. The third-order valence-electron chi connectivity index (χ3n) is 2.50. The van der Waals surface area contributed by atoms with Gasteiger partial charge in [-0.1, -0.05) is 31.4 Å². The molecule has 0 atom stereocenters. The van der Waals surface area contributed by atoms with Gasteiger partial charge in [0.1, 0.15) is 17.1 Å². The van der Waals surface area contributed by atoms with E-state index in [-0.39, 0.29) is 16.9 Å². The van der Waals surface area contributed by atoms with Crippen LogP contribution in [0.2, 0.25) is 0 Å². The third-order valence-corrected chi connectivity index (χ3v) is 2.50. The van der Waals surface area contributed by atoms with Crippen molar-refractivity contribution in [2.75, 3.05) is 0 Å². The minimum Gasteiger partial charge on any atom is -0.508 e. The van der Waals surface area contributed by atoms with Crippen molar-refractivity contribution in [3.8, 4) is 0 Å². The first-order chi connectivity index (χ1) is 8.63. The first-order valence-corrected chi connectivity index (χ1v) is 5.37. The molecule has 0 aliphatic rings. The zero-order chi connectivity index (χ0) is 13.1. The van der Waals surface area contributed by atoms with Crippen molar-refractivity contribution in [3.63, 3.8) is 0 Å². The molecule has 0 saturated carbocycles. The van der Waals surface area contributed by atoms with Crippen molar-refractivity contribution < 1.29 is 9.52 Å². The number of hydrogen-bond donors (Lipinski definition) is 1. The fourth-order valence-corrected chi connectivity index (χ4v) is 1.68. The lowest BCUT2D eigenvalue weighted by molar-refractivity contribution is 0.436. The molecule has 18 heavy (non-hydrogen) atoms. The molecule has 3 nitrogen and oxygen atoms in total. The highest BCUT2D eigenvalue weighted by Gasteiger charge is 2.10. The van der Waals surface area contributed by atoms with Gasteiger partial charge in [0.25, 0.3) is 0 Å². The zero-order valence-electron chi connectivity index (χ0n) is 9.72. The van der Waals surface area contributed by atoms with E-state index in [0.29, 0.717) is 16.5 Å². The van der Waals surface area contributed by atoms with Gasteiger partial charge in [-0.3, -0.25) is 4.79 Å². The van der Waals surface area contributed by atoms with Crippen LogP contribution in [0.4, 0.5) is 0 Å². The second-order valence-corrected chi connectivity index (χ2v) is 3.73. The highest BCUT2D eigenvalue weighted by Crippen LogP contribution is 2.22. The predicted molar refractivity (Wildman–Crippen MR) is 72.4 cm³/mol. The number of aliphatic hydroxyl groups excluding tert-OH is 1. The van der Waals surface area contributed by atoms with Crippen molar-refractivity contribution in [1.82, 2.24) is 0 Å². The van der Waals surface area contributed by atoms with Crippen molar-refractivity contribution in [3.05, 3.63) is 77.4 Å². The van der Waals surface area contributed by atoms with Crippen LogP contribution in [0.3, 0.4) is 0 Å². The van der Waals surface area contributed by atoms with Gasteiger partial charge in [-0.05, 0) is 18.2 Å². The van der Waals surface area contributed by atoms with E-state index >= 15 is 0 Å². The fourth-order valence-electron chi connectivity index (χ4n) is 1.68. The molecule has 0 amide bonds. The quantitative estimate of drug-likeness (QED) is 0.660. The highest BCUT2D eigenvalue weighted by atomic mass is 16.3. The molecule has 0 radical (unpaired) electrons. The Bertz CT molecular complexity index is 705. The van der Waals surface area contributed by atoms with Gasteiger partial charge < -0.3 is 9.52 Å². The van der Waals surface area contributed by atoms with Crippen molar-refractivity contribution in [2.24, 2.45) is 0 Å². The zero-order valence-corrected chi connectivity index (χ0v) is 9.72. The Hall–Kier alpha value is -2.55. The summed E-state index contributed by atoms with van der Waals surface area (Å²) in [5.41, 5.74) is 0.645. The second-order valence-electron chi connectivity index (χ2n) is 3.73. The van der Waals surface area contributed by atoms with Gasteiger partial charge in [-0.15, -0.1) is 0 Å². The van der Waals surface area contributed by atoms with E-state index in [0.717, 1.165) is 0 Å². The summed E-state index contributed by atoms with van der Waals surface area (Å²) in [6, 6.07) is 8.27. The van der Waals surface area contributed by atoms with Gasteiger partial charge in [0.05, 0.1) is 11.0 Å². The van der Waals surface area contributed by atoms with Crippen LogP contribution in [-0.2, 0) is 0 Å². The van der Waals surface area contributed by atoms with Crippen molar-refractivity contribution in [2.45, 2.75) is 0 Å². The molecule has 0 aliphatic heterocycles. The summed E-state index contributed by atoms with van der Waals surface area (Å²) >= 11 is 0. The number of fused-ring (bicyclic) bond motifs is 1. The van der Waals surface area contributed by atoms with E-state index in [4.69, 9.17) is 4.42 Å². The molecule has 1 aromatic heterocycles. The Kier molecular flexibility index (Phi) is 3.15. The summed E-state index contributed by atoms with van der Waals surface area (Å²) in [6.07, 6.45) is 3.03. The number of benzene rings is 1. The van der Waals surface area contributed by atoms with E-state index < -0.39 is 0 Å². The van der Waals surface area contributed by atoms with Crippen LogP contribution in [0.15, 0.2) is 70.6 Å². The van der Waals surface area contributed by atoms with Gasteiger partial charge >= 0.3 is 0 Å². The van der Waals surface area contributed by atoms with Crippen molar-refractivity contribution >= 4 is 16.5 Å². The molecule has 3 heteroatoms. The molecule has 1 aromatic carbocycles. The topological polar surface area (TPSA) is 50.4 Å². The lowest BCUT2D eigenvalue weighted by atomic mass is 10.1. The maximum absolute atomic E-state index is 11.9. The number of rotatable bonds is 3. The fraction of sp³-hybridized carbons (Fsp3) is 0. The van der Waals surface area contributed by atoms with Crippen LogP contribution in [0.5, 0.6) is 0 Å². The van der Waals surface area contributed by atoms with E-state index in [1.54, 1.807) is 24.3 Å². The average molecular weight is 240 g/mol. The van der Waals surface area contributed by atoms with Crippen LogP contribution < -0.4 is 5.43 Å². The first kappa shape index (κ1) is 11.9. The first-order valence-electron chi connectivity index (χ1n) is 5.37. The summed E-state index contributed by atoms with van der Waals surface area (Å²) in [7, 11) is 0. The predicted octanol–water partition coefficient (Wildman–Crippen LogP) is 3.43. The Morgan fingerprint density at radius 3 is 2.72 bits per heavy atom. The molecule has 0 bridgehead atoms. The van der Waals surface area contributed by atoms with E-state index in [9.17, 15) is 9.90 Å². The molecule has 90 valence electrons. The summed E-state index contributed by atoms with van der Waals surface area (Å²) in [4.78, 5) is 11.9. The molecule has 0 spiro atoms. The molecule has 0 aliphatic carbocycles. The SMILES string of the molecule is C=C/C=C(\C(=C)O)c1cc(=O)c2ccccc2o1. The smallest absolute Gasteiger partial charge is 0.193 e. The standard InChI is InChI=1S/C15H12O3/c1-3-6-11(10(2)16)15-9-13(17)12-7-4-5-8-14(12)18-15/h3-9,16H,1-2H2/b11-6+. The largest absolute Gasteiger partial charge is 0.508 e. The summed E-state index contributed by atoms with van der Waals surface area (Å²) < 4.78 is 5.58. The van der Waals surface area contributed by atoms with Crippen molar-refractivity contribution in [1.29, 1.82) is 0 Å². The number of para-hydroxylation sites is 1. The highest BCUT2D eigenvalue weighted by molar-refractivity contribution is 5.80. The molecular weight excluding hydrogens is 228 g/mol. The summed E-state index contributed by atoms with van der Waals surface area (Å²) in [5.74, 6) is 0.0967. The molecule has 0 unspecified atom stereocenters. The molecule has 0 saturated heterocycles. The minimum atomic E-state index is -0.173. The van der Waals surface area contributed by atoms with Crippen LogP contribution in [0.25, 0.3) is 16.5 Å². The second kappa shape index (κ2) is 4.75. The average Bonchev–Trinajstić information content (AvgIpc) is 2.35. The Labute approximate surface area is 104 Å². The molecular formula is C15H12O3. The molecule has 2 rings (SSSR count). The van der Waals surface area contributed by atoms with Crippen LogP contribution in [-0.4, -0.2) is 5.11 Å². The van der Waals surface area contributed by atoms with E-state index in [2.05, 4.69) is 13.2 Å². The van der Waals surface area contributed by atoms with Gasteiger partial charge in [-0.25, -0.2) is 0 Å². The summed E-state index contributed by atoms with van der Waals surface area (Å²) in [6.45, 7) is 6.98. The van der Waals surface area contributed by atoms with Gasteiger partial charge in [-0.2, -0.15) is 0 Å².